The molecule has 0 saturated carbocycles. The molecule has 0 saturated heterocycles. The summed E-state index contributed by atoms with van der Waals surface area (Å²) in [5.74, 6) is 0.0250. The molecule has 0 aromatic heterocycles. The molecule has 0 aliphatic heterocycles. The van der Waals surface area contributed by atoms with Crippen molar-refractivity contribution >= 4 is 10.8 Å². The maximum absolute atomic E-state index is 11.0. The van der Waals surface area contributed by atoms with Crippen LogP contribution in [-0.4, -0.2) is 18.7 Å². The van der Waals surface area contributed by atoms with Crippen LogP contribution in [0, 0.1) is 0 Å². The highest BCUT2D eigenvalue weighted by atomic mass is 16.3. The van der Waals surface area contributed by atoms with Crippen LogP contribution in [0.4, 0.5) is 0 Å². The van der Waals surface area contributed by atoms with Crippen molar-refractivity contribution in [2.45, 2.75) is 12.0 Å². The molecule has 0 heterocycles. The van der Waals surface area contributed by atoms with Crippen LogP contribution in [0.5, 0.6) is 0 Å². The summed E-state index contributed by atoms with van der Waals surface area (Å²) in [5.41, 5.74) is 2.14. The first kappa shape index (κ1) is 14.8. The average Bonchev–Trinajstić information content (AvgIpc) is 2.59. The van der Waals surface area contributed by atoms with E-state index < -0.39 is 6.10 Å². The third-order valence-corrected chi connectivity index (χ3v) is 4.17. The molecule has 3 aromatic carbocycles. The van der Waals surface area contributed by atoms with Crippen LogP contribution in [0.3, 0.4) is 0 Å². The maximum atomic E-state index is 11.0. The van der Waals surface area contributed by atoms with Gasteiger partial charge in [-0.1, -0.05) is 72.8 Å². The van der Waals surface area contributed by atoms with Gasteiger partial charge in [0.25, 0.3) is 0 Å². The Balaban J connectivity index is 2.04. The van der Waals surface area contributed by atoms with Crippen LogP contribution in [0.1, 0.15) is 23.1 Å². The fourth-order valence-corrected chi connectivity index (χ4v) is 3.06. The number of aliphatic hydroxyl groups is 1. The fourth-order valence-electron chi connectivity index (χ4n) is 3.06. The van der Waals surface area contributed by atoms with Crippen molar-refractivity contribution in [1.29, 1.82) is 0 Å². The third-order valence-electron chi connectivity index (χ3n) is 4.17. The Kier molecular flexibility index (Phi) is 4.52. The van der Waals surface area contributed by atoms with E-state index in [9.17, 15) is 5.11 Å². The van der Waals surface area contributed by atoms with E-state index in [1.165, 1.54) is 0 Å². The lowest BCUT2D eigenvalue weighted by molar-refractivity contribution is 0.145. The van der Waals surface area contributed by atoms with Crippen LogP contribution in [0.2, 0.25) is 0 Å². The van der Waals surface area contributed by atoms with E-state index >= 15 is 0 Å². The first-order valence-electron chi connectivity index (χ1n) is 7.66. The van der Waals surface area contributed by atoms with Gasteiger partial charge in [0.05, 0.1) is 6.10 Å². The average molecular weight is 291 g/mol. The molecule has 0 radical (unpaired) electrons. The van der Waals surface area contributed by atoms with Crippen LogP contribution < -0.4 is 5.32 Å². The van der Waals surface area contributed by atoms with Gasteiger partial charge in [0.2, 0.25) is 0 Å². The highest BCUT2D eigenvalue weighted by Crippen LogP contribution is 2.34. The summed E-state index contributed by atoms with van der Waals surface area (Å²) in [6.07, 6.45) is -0.541. The predicted molar refractivity (Wildman–Crippen MR) is 92.0 cm³/mol. The lowest BCUT2D eigenvalue weighted by Crippen LogP contribution is -2.23. The van der Waals surface area contributed by atoms with E-state index in [4.69, 9.17) is 0 Å². The van der Waals surface area contributed by atoms with E-state index in [1.807, 2.05) is 49.5 Å². The van der Waals surface area contributed by atoms with Crippen molar-refractivity contribution in [2.75, 3.05) is 13.6 Å². The van der Waals surface area contributed by atoms with Gasteiger partial charge in [0.15, 0.2) is 0 Å². The van der Waals surface area contributed by atoms with Crippen molar-refractivity contribution in [3.63, 3.8) is 0 Å². The Labute approximate surface area is 131 Å². The van der Waals surface area contributed by atoms with Gasteiger partial charge in [0, 0.05) is 12.5 Å². The zero-order valence-corrected chi connectivity index (χ0v) is 12.7. The molecule has 0 aliphatic rings. The Bertz CT molecular complexity index is 734. The fraction of sp³-hybridized carbons (Fsp3) is 0.200. The molecule has 2 atom stereocenters. The number of likely N-dealkylation sites (N-methyl/N-ethyl adjacent to an activating group) is 1. The smallest absolute Gasteiger partial charge is 0.0876 e. The van der Waals surface area contributed by atoms with Gasteiger partial charge in [-0.3, -0.25) is 0 Å². The number of benzene rings is 3. The van der Waals surface area contributed by atoms with Gasteiger partial charge in [0.1, 0.15) is 0 Å². The first-order valence-corrected chi connectivity index (χ1v) is 7.66. The SMILES string of the molecule is CNCC(c1ccccc1)C(O)c1cccc2ccccc12. The predicted octanol–water partition coefficient (Wildman–Crippen LogP) is 3.88. The first-order chi connectivity index (χ1) is 10.8. The quantitative estimate of drug-likeness (QED) is 0.748. The largest absolute Gasteiger partial charge is 0.388 e. The molecule has 2 N–H and O–H groups in total. The highest BCUT2D eigenvalue weighted by molar-refractivity contribution is 5.86. The molecule has 0 aliphatic carbocycles. The number of nitrogens with one attached hydrogen (secondary N) is 1. The molecule has 0 amide bonds. The van der Waals surface area contributed by atoms with Gasteiger partial charge >= 0.3 is 0 Å². The second kappa shape index (κ2) is 6.73. The molecule has 0 fully saturated rings. The van der Waals surface area contributed by atoms with E-state index in [2.05, 4.69) is 35.6 Å². The van der Waals surface area contributed by atoms with Crippen LogP contribution in [0.15, 0.2) is 72.8 Å². The highest BCUT2D eigenvalue weighted by Gasteiger charge is 2.23. The van der Waals surface area contributed by atoms with Crippen molar-refractivity contribution in [3.8, 4) is 0 Å². The van der Waals surface area contributed by atoms with Crippen molar-refractivity contribution in [3.05, 3.63) is 83.9 Å². The Hall–Kier alpha value is -2.16. The van der Waals surface area contributed by atoms with Crippen LogP contribution in [0.25, 0.3) is 10.8 Å². The summed E-state index contributed by atoms with van der Waals surface area (Å²) < 4.78 is 0. The van der Waals surface area contributed by atoms with Crippen molar-refractivity contribution in [1.82, 2.24) is 5.32 Å². The monoisotopic (exact) mass is 291 g/mol. The molecule has 0 bridgehead atoms. The Morgan fingerprint density at radius 1 is 0.864 bits per heavy atom. The minimum atomic E-state index is -0.541. The Morgan fingerprint density at radius 2 is 1.55 bits per heavy atom. The zero-order chi connectivity index (χ0) is 15.4. The summed E-state index contributed by atoms with van der Waals surface area (Å²) >= 11 is 0. The number of hydrogen-bond donors (Lipinski definition) is 2. The van der Waals surface area contributed by atoms with E-state index in [1.54, 1.807) is 0 Å². The minimum absolute atomic E-state index is 0.0250. The molecule has 2 nitrogen and oxygen atoms in total. The van der Waals surface area contributed by atoms with Gasteiger partial charge in [-0.25, -0.2) is 0 Å². The van der Waals surface area contributed by atoms with E-state index in [0.29, 0.717) is 0 Å². The zero-order valence-electron chi connectivity index (χ0n) is 12.7. The summed E-state index contributed by atoms with van der Waals surface area (Å²) in [6.45, 7) is 0.731. The molecular formula is C20H21NO. The number of fused-ring (bicyclic) bond motifs is 1. The number of hydrogen-bond acceptors (Lipinski definition) is 2. The normalized spacial score (nSPS) is 13.9. The summed E-state index contributed by atoms with van der Waals surface area (Å²) in [4.78, 5) is 0. The lowest BCUT2D eigenvalue weighted by Gasteiger charge is -2.24. The van der Waals surface area contributed by atoms with Gasteiger partial charge in [-0.15, -0.1) is 0 Å². The van der Waals surface area contributed by atoms with Gasteiger partial charge in [-0.05, 0) is 28.9 Å². The summed E-state index contributed by atoms with van der Waals surface area (Å²) in [7, 11) is 1.92. The number of rotatable bonds is 5. The van der Waals surface area contributed by atoms with Crippen molar-refractivity contribution < 1.29 is 5.11 Å². The Morgan fingerprint density at radius 3 is 2.32 bits per heavy atom. The van der Waals surface area contributed by atoms with Gasteiger partial charge < -0.3 is 10.4 Å². The van der Waals surface area contributed by atoms with Gasteiger partial charge in [-0.2, -0.15) is 0 Å². The molecule has 3 rings (SSSR count). The summed E-state index contributed by atoms with van der Waals surface area (Å²) in [5, 5.41) is 16.5. The van der Waals surface area contributed by atoms with Crippen LogP contribution in [-0.2, 0) is 0 Å². The molecule has 2 heteroatoms. The minimum Gasteiger partial charge on any atom is -0.388 e. The molecule has 112 valence electrons. The molecule has 22 heavy (non-hydrogen) atoms. The second-order valence-corrected chi connectivity index (χ2v) is 5.59. The summed E-state index contributed by atoms with van der Waals surface area (Å²) in [6, 6.07) is 24.5. The van der Waals surface area contributed by atoms with E-state index in [0.717, 1.165) is 28.4 Å². The third kappa shape index (κ3) is 2.89. The van der Waals surface area contributed by atoms with E-state index in [-0.39, 0.29) is 5.92 Å². The van der Waals surface area contributed by atoms with Crippen LogP contribution >= 0.6 is 0 Å². The van der Waals surface area contributed by atoms with Crippen molar-refractivity contribution in [2.24, 2.45) is 0 Å². The topological polar surface area (TPSA) is 32.3 Å². The number of aliphatic hydroxyl groups excluding tert-OH is 1. The molecule has 3 aromatic rings. The second-order valence-electron chi connectivity index (χ2n) is 5.59. The maximum Gasteiger partial charge on any atom is 0.0876 e. The molecular weight excluding hydrogens is 270 g/mol. The molecule has 0 spiro atoms. The lowest BCUT2D eigenvalue weighted by atomic mass is 9.87. The standard InChI is InChI=1S/C20H21NO/c1-21-14-19(16-8-3-2-4-9-16)20(22)18-13-7-11-15-10-5-6-12-17(15)18/h2-13,19-22H,14H2,1H3. The molecule has 2 unspecified atom stereocenters.